The van der Waals surface area contributed by atoms with E-state index in [9.17, 15) is 9.90 Å². The van der Waals surface area contributed by atoms with Gasteiger partial charge in [-0.1, -0.05) is 20.8 Å². The summed E-state index contributed by atoms with van der Waals surface area (Å²) < 4.78 is 0. The third-order valence-electron chi connectivity index (χ3n) is 4.35. The van der Waals surface area contributed by atoms with Crippen LogP contribution in [0, 0.1) is 17.3 Å². The van der Waals surface area contributed by atoms with E-state index in [2.05, 4.69) is 31.1 Å². The van der Waals surface area contributed by atoms with Crippen molar-refractivity contribution >= 4 is 11.7 Å². The highest BCUT2D eigenvalue weighted by molar-refractivity contribution is 5.92. The van der Waals surface area contributed by atoms with Crippen molar-refractivity contribution in [2.45, 2.75) is 46.5 Å². The van der Waals surface area contributed by atoms with Gasteiger partial charge in [0.25, 0.3) is 0 Å². The number of rotatable bonds is 2. The number of pyridine rings is 1. The summed E-state index contributed by atoms with van der Waals surface area (Å²) in [6.07, 6.45) is 5.58. The molecule has 1 saturated carbocycles. The molecule has 1 fully saturated rings. The summed E-state index contributed by atoms with van der Waals surface area (Å²) in [5.41, 5.74) is 0.320. The quantitative estimate of drug-likeness (QED) is 0.868. The van der Waals surface area contributed by atoms with Gasteiger partial charge in [-0.25, -0.2) is 4.98 Å². The number of amides is 1. The summed E-state index contributed by atoms with van der Waals surface area (Å²) in [5, 5.41) is 12.4. The van der Waals surface area contributed by atoms with Crippen LogP contribution in [-0.4, -0.2) is 16.0 Å². The van der Waals surface area contributed by atoms with E-state index in [-0.39, 0.29) is 23.4 Å². The molecule has 2 rings (SSSR count). The van der Waals surface area contributed by atoms with Gasteiger partial charge in [0.05, 0.1) is 0 Å². The molecule has 0 atom stereocenters. The van der Waals surface area contributed by atoms with Crippen molar-refractivity contribution in [2.75, 3.05) is 5.32 Å². The van der Waals surface area contributed by atoms with Gasteiger partial charge in [0.2, 0.25) is 5.91 Å². The Labute approximate surface area is 120 Å². The van der Waals surface area contributed by atoms with E-state index in [1.165, 1.54) is 6.07 Å². The molecule has 0 aliphatic heterocycles. The minimum absolute atomic E-state index is 0.0178. The van der Waals surface area contributed by atoms with E-state index in [4.69, 9.17) is 0 Å². The molecule has 2 N–H and O–H groups in total. The van der Waals surface area contributed by atoms with Crippen LogP contribution in [0.5, 0.6) is 5.75 Å². The predicted octanol–water partition coefficient (Wildman–Crippen LogP) is 3.58. The fraction of sp³-hybridized carbons (Fsp3) is 0.625. The molecule has 20 heavy (non-hydrogen) atoms. The van der Waals surface area contributed by atoms with Gasteiger partial charge in [-0.2, -0.15) is 0 Å². The van der Waals surface area contributed by atoms with Crippen LogP contribution in [0.3, 0.4) is 0 Å². The molecule has 1 aliphatic rings. The molecular weight excluding hydrogens is 252 g/mol. The van der Waals surface area contributed by atoms with Gasteiger partial charge in [0, 0.05) is 12.1 Å². The number of carbonyl (C=O) groups is 1. The Morgan fingerprint density at radius 2 is 1.95 bits per heavy atom. The number of aromatic hydroxyl groups is 1. The van der Waals surface area contributed by atoms with E-state index in [0.717, 1.165) is 25.7 Å². The second-order valence-electron chi connectivity index (χ2n) is 6.77. The van der Waals surface area contributed by atoms with Crippen molar-refractivity contribution < 1.29 is 9.90 Å². The summed E-state index contributed by atoms with van der Waals surface area (Å²) in [7, 11) is 0. The molecule has 1 aromatic heterocycles. The van der Waals surface area contributed by atoms with E-state index in [1.807, 2.05) is 0 Å². The Morgan fingerprint density at radius 3 is 2.50 bits per heavy atom. The van der Waals surface area contributed by atoms with Crippen molar-refractivity contribution in [1.82, 2.24) is 4.98 Å². The summed E-state index contributed by atoms with van der Waals surface area (Å²) in [6, 6.07) is 3.17. The first-order valence-electron chi connectivity index (χ1n) is 7.33. The first kappa shape index (κ1) is 14.8. The molecule has 0 bridgehead atoms. The monoisotopic (exact) mass is 276 g/mol. The molecule has 0 spiro atoms. The van der Waals surface area contributed by atoms with Crippen molar-refractivity contribution in [3.05, 3.63) is 18.3 Å². The van der Waals surface area contributed by atoms with Crippen LogP contribution in [0.2, 0.25) is 0 Å². The predicted molar refractivity (Wildman–Crippen MR) is 79.4 cm³/mol. The maximum Gasteiger partial charge on any atom is 0.228 e. The lowest BCUT2D eigenvalue weighted by atomic mass is 9.69. The summed E-state index contributed by atoms with van der Waals surface area (Å²) in [4.78, 5) is 16.2. The van der Waals surface area contributed by atoms with E-state index in [1.54, 1.807) is 12.3 Å². The van der Waals surface area contributed by atoms with E-state index < -0.39 is 0 Å². The molecule has 4 nitrogen and oxygen atoms in total. The van der Waals surface area contributed by atoms with E-state index in [0.29, 0.717) is 11.3 Å². The Hall–Kier alpha value is -1.58. The Kier molecular flexibility index (Phi) is 4.31. The number of hydrogen-bond acceptors (Lipinski definition) is 3. The molecule has 1 heterocycles. The molecule has 0 aromatic carbocycles. The lowest BCUT2D eigenvalue weighted by molar-refractivity contribution is -0.121. The molecular formula is C16H24N2O2. The zero-order chi connectivity index (χ0) is 14.8. The minimum atomic E-state index is -0.0219. The largest absolute Gasteiger partial charge is 0.504 e. The molecule has 1 amide bonds. The Morgan fingerprint density at radius 1 is 1.30 bits per heavy atom. The highest BCUT2D eigenvalue weighted by atomic mass is 16.3. The van der Waals surface area contributed by atoms with Crippen molar-refractivity contribution in [2.24, 2.45) is 17.3 Å². The average molecular weight is 276 g/mol. The first-order valence-corrected chi connectivity index (χ1v) is 7.33. The van der Waals surface area contributed by atoms with E-state index >= 15 is 0 Å². The van der Waals surface area contributed by atoms with Gasteiger partial charge in [0.15, 0.2) is 11.6 Å². The zero-order valence-electron chi connectivity index (χ0n) is 12.5. The van der Waals surface area contributed by atoms with Gasteiger partial charge in [-0.05, 0) is 49.1 Å². The van der Waals surface area contributed by atoms with Crippen molar-refractivity contribution in [3.63, 3.8) is 0 Å². The van der Waals surface area contributed by atoms with Gasteiger partial charge >= 0.3 is 0 Å². The van der Waals surface area contributed by atoms with Crippen LogP contribution >= 0.6 is 0 Å². The number of hydrogen-bond donors (Lipinski definition) is 2. The number of nitrogens with zero attached hydrogens (tertiary/aromatic N) is 1. The van der Waals surface area contributed by atoms with Gasteiger partial charge in [-0.15, -0.1) is 0 Å². The molecule has 4 heteroatoms. The highest BCUT2D eigenvalue weighted by Crippen LogP contribution is 2.40. The van der Waals surface area contributed by atoms with Crippen molar-refractivity contribution in [3.8, 4) is 5.75 Å². The molecule has 110 valence electrons. The third-order valence-corrected chi connectivity index (χ3v) is 4.35. The smallest absolute Gasteiger partial charge is 0.228 e. The third kappa shape index (κ3) is 3.50. The lowest BCUT2D eigenvalue weighted by Gasteiger charge is -2.36. The number of anilines is 1. The van der Waals surface area contributed by atoms with Crippen LogP contribution in [0.15, 0.2) is 18.3 Å². The second kappa shape index (κ2) is 5.81. The SMILES string of the molecule is CC(C)(C)C1CCC(C(=O)Nc2ncccc2O)CC1. The summed E-state index contributed by atoms with van der Waals surface area (Å²) in [5.74, 6) is 0.982. The van der Waals surface area contributed by atoms with Crippen LogP contribution in [-0.2, 0) is 4.79 Å². The minimum Gasteiger partial charge on any atom is -0.504 e. The van der Waals surface area contributed by atoms with Crippen LogP contribution < -0.4 is 5.32 Å². The fourth-order valence-corrected chi connectivity index (χ4v) is 2.93. The molecule has 0 saturated heterocycles. The topological polar surface area (TPSA) is 62.2 Å². The van der Waals surface area contributed by atoms with Crippen molar-refractivity contribution in [1.29, 1.82) is 0 Å². The molecule has 0 unspecified atom stereocenters. The lowest BCUT2D eigenvalue weighted by Crippen LogP contribution is -2.31. The number of nitrogens with one attached hydrogen (secondary N) is 1. The van der Waals surface area contributed by atoms with Crippen LogP contribution in [0.4, 0.5) is 5.82 Å². The van der Waals surface area contributed by atoms with Gasteiger partial charge < -0.3 is 10.4 Å². The van der Waals surface area contributed by atoms with Crippen LogP contribution in [0.1, 0.15) is 46.5 Å². The molecule has 1 aromatic rings. The molecule has 1 aliphatic carbocycles. The zero-order valence-corrected chi connectivity index (χ0v) is 12.5. The maximum atomic E-state index is 12.2. The second-order valence-corrected chi connectivity index (χ2v) is 6.77. The maximum absolute atomic E-state index is 12.2. The molecule has 0 radical (unpaired) electrons. The first-order chi connectivity index (χ1) is 9.38. The van der Waals surface area contributed by atoms with Gasteiger partial charge in [-0.3, -0.25) is 4.79 Å². The number of aromatic nitrogens is 1. The standard InChI is InChI=1S/C16H24N2O2/c1-16(2,3)12-8-6-11(7-9-12)15(20)18-14-13(19)5-4-10-17-14/h4-5,10-12,19H,6-9H2,1-3H3,(H,17,18,20). The normalized spacial score (nSPS) is 23.4. The number of carbonyl (C=O) groups excluding carboxylic acids is 1. The summed E-state index contributed by atoms with van der Waals surface area (Å²) >= 11 is 0. The highest BCUT2D eigenvalue weighted by Gasteiger charge is 2.32. The van der Waals surface area contributed by atoms with Crippen LogP contribution in [0.25, 0.3) is 0 Å². The fourth-order valence-electron chi connectivity index (χ4n) is 2.93. The summed E-state index contributed by atoms with van der Waals surface area (Å²) in [6.45, 7) is 6.80. The Bertz CT molecular complexity index is 472. The average Bonchev–Trinajstić information content (AvgIpc) is 2.40. The Balaban J connectivity index is 1.91. The van der Waals surface area contributed by atoms with Gasteiger partial charge in [0.1, 0.15) is 0 Å².